The lowest BCUT2D eigenvalue weighted by Crippen LogP contribution is -2.41. The molecule has 0 heterocycles. The van der Waals surface area contributed by atoms with E-state index >= 15 is 0 Å². The van der Waals surface area contributed by atoms with E-state index in [-0.39, 0.29) is 32.2 Å². The Labute approximate surface area is 123 Å². The fourth-order valence-corrected chi connectivity index (χ4v) is 1.33. The summed E-state index contributed by atoms with van der Waals surface area (Å²) in [5, 5.41) is 17.2. The van der Waals surface area contributed by atoms with Crippen molar-refractivity contribution in [2.24, 2.45) is 0 Å². The highest BCUT2D eigenvalue weighted by atomic mass is 16.6. The number of unbranched alkanes of at least 4 members (excludes halogenated alkanes) is 2. The summed E-state index contributed by atoms with van der Waals surface area (Å²) in [5.41, 5.74) is 0. The van der Waals surface area contributed by atoms with Gasteiger partial charge in [0.1, 0.15) is 5.78 Å². The molecule has 8 heteroatoms. The summed E-state index contributed by atoms with van der Waals surface area (Å²) in [7, 11) is 0. The average Bonchev–Trinajstić information content (AvgIpc) is 2.45. The molecule has 0 atom stereocenters. The fraction of sp³-hybridized carbons (Fsp3) is 0.769. The highest BCUT2D eigenvalue weighted by Crippen LogP contribution is 2.02. The Bertz CT molecular complexity index is 308. The van der Waals surface area contributed by atoms with E-state index in [0.717, 1.165) is 0 Å². The number of hydrogen-bond acceptors (Lipinski definition) is 7. The molecule has 0 aromatic rings. The Morgan fingerprint density at radius 3 is 1.62 bits per heavy atom. The van der Waals surface area contributed by atoms with E-state index in [4.69, 9.17) is 19.7 Å². The van der Waals surface area contributed by atoms with E-state index in [2.05, 4.69) is 0 Å². The second-order valence-corrected chi connectivity index (χ2v) is 4.38. The lowest BCUT2D eigenvalue weighted by Gasteiger charge is -2.18. The van der Waals surface area contributed by atoms with Gasteiger partial charge in [0, 0.05) is 13.2 Å². The van der Waals surface area contributed by atoms with Gasteiger partial charge in [-0.05, 0) is 32.6 Å². The number of aliphatic hydroxyl groups is 2. The van der Waals surface area contributed by atoms with Crippen LogP contribution in [0.3, 0.4) is 0 Å². The third-order valence-electron chi connectivity index (χ3n) is 2.38. The van der Waals surface area contributed by atoms with Gasteiger partial charge in [-0.2, -0.15) is 0 Å². The van der Waals surface area contributed by atoms with Crippen molar-refractivity contribution in [2.45, 2.75) is 32.6 Å². The number of hydrogen-bond donors (Lipinski definition) is 2. The topological polar surface area (TPSA) is 113 Å². The quantitative estimate of drug-likeness (QED) is 0.571. The summed E-state index contributed by atoms with van der Waals surface area (Å²) in [6.45, 7) is 0.892. The standard InChI is InChI=1S/C13H23NO7/c1-11(17)10-14(12(18)20-8-4-2-6-15)13(19)21-9-5-3-7-16/h15-16H,2-10H2,1H3. The maximum absolute atomic E-state index is 11.7. The van der Waals surface area contributed by atoms with Crippen molar-refractivity contribution in [2.75, 3.05) is 33.0 Å². The van der Waals surface area contributed by atoms with E-state index in [1.165, 1.54) is 6.92 Å². The van der Waals surface area contributed by atoms with Crippen molar-refractivity contribution in [3.8, 4) is 0 Å². The maximum atomic E-state index is 11.7. The van der Waals surface area contributed by atoms with Gasteiger partial charge in [0.15, 0.2) is 0 Å². The molecule has 0 aliphatic carbocycles. The second-order valence-electron chi connectivity index (χ2n) is 4.38. The van der Waals surface area contributed by atoms with Crippen LogP contribution in [-0.4, -0.2) is 66.1 Å². The van der Waals surface area contributed by atoms with Gasteiger partial charge in [-0.15, -0.1) is 0 Å². The first-order valence-electron chi connectivity index (χ1n) is 6.85. The van der Waals surface area contributed by atoms with Crippen LogP contribution in [0.1, 0.15) is 32.6 Å². The molecule has 8 nitrogen and oxygen atoms in total. The summed E-state index contributed by atoms with van der Waals surface area (Å²) in [6.07, 6.45) is -0.0220. The van der Waals surface area contributed by atoms with Gasteiger partial charge in [0.2, 0.25) is 0 Å². The molecule has 0 aromatic carbocycles. The molecule has 0 bridgehead atoms. The highest BCUT2D eigenvalue weighted by Gasteiger charge is 2.25. The minimum atomic E-state index is -0.949. The number of carbonyl (C=O) groups is 3. The number of amides is 2. The SMILES string of the molecule is CC(=O)CN(C(=O)OCCCCO)C(=O)OCCCCO. The van der Waals surface area contributed by atoms with E-state index < -0.39 is 18.7 Å². The van der Waals surface area contributed by atoms with Crippen LogP contribution in [-0.2, 0) is 14.3 Å². The molecule has 0 rings (SSSR count). The van der Waals surface area contributed by atoms with Crippen LogP contribution in [0.2, 0.25) is 0 Å². The van der Waals surface area contributed by atoms with Crippen LogP contribution in [0.5, 0.6) is 0 Å². The largest absolute Gasteiger partial charge is 0.449 e. The average molecular weight is 305 g/mol. The predicted octanol–water partition coefficient (Wildman–Crippen LogP) is 0.696. The maximum Gasteiger partial charge on any atom is 0.419 e. The molecule has 0 saturated heterocycles. The van der Waals surface area contributed by atoms with Gasteiger partial charge < -0.3 is 19.7 Å². The van der Waals surface area contributed by atoms with E-state index in [0.29, 0.717) is 30.6 Å². The van der Waals surface area contributed by atoms with E-state index in [9.17, 15) is 14.4 Å². The van der Waals surface area contributed by atoms with Crippen molar-refractivity contribution in [3.05, 3.63) is 0 Å². The van der Waals surface area contributed by atoms with Crippen molar-refractivity contribution in [1.29, 1.82) is 0 Å². The van der Waals surface area contributed by atoms with Crippen LogP contribution in [0.25, 0.3) is 0 Å². The Morgan fingerprint density at radius 1 is 0.857 bits per heavy atom. The normalized spacial score (nSPS) is 10.0. The van der Waals surface area contributed by atoms with E-state index in [1.54, 1.807) is 0 Å². The molecule has 122 valence electrons. The summed E-state index contributed by atoms with van der Waals surface area (Å²) >= 11 is 0. The molecule has 0 aromatic heterocycles. The van der Waals surface area contributed by atoms with Gasteiger partial charge >= 0.3 is 12.2 Å². The zero-order valence-electron chi connectivity index (χ0n) is 12.2. The summed E-state index contributed by atoms with van der Waals surface area (Å²) in [4.78, 5) is 35.1. The van der Waals surface area contributed by atoms with Crippen LogP contribution in [0, 0.1) is 0 Å². The molecule has 0 radical (unpaired) electrons. The summed E-state index contributed by atoms with van der Waals surface area (Å²) < 4.78 is 9.68. The van der Waals surface area contributed by atoms with Crippen molar-refractivity contribution < 1.29 is 34.1 Å². The molecule has 0 spiro atoms. The van der Waals surface area contributed by atoms with E-state index in [1.807, 2.05) is 0 Å². The highest BCUT2D eigenvalue weighted by molar-refractivity contribution is 5.93. The predicted molar refractivity (Wildman–Crippen MR) is 72.7 cm³/mol. The molecule has 2 N–H and O–H groups in total. The van der Waals surface area contributed by atoms with Crippen molar-refractivity contribution in [3.63, 3.8) is 0 Å². The third-order valence-corrected chi connectivity index (χ3v) is 2.38. The molecular formula is C13H23NO7. The third kappa shape index (κ3) is 9.80. The summed E-state index contributed by atoms with van der Waals surface area (Å²) in [5.74, 6) is -0.380. The Kier molecular flexibility index (Phi) is 11.1. The lowest BCUT2D eigenvalue weighted by atomic mass is 10.3. The number of rotatable bonds is 10. The van der Waals surface area contributed by atoms with Crippen LogP contribution in [0.4, 0.5) is 9.59 Å². The van der Waals surface area contributed by atoms with Crippen molar-refractivity contribution >= 4 is 18.0 Å². The monoisotopic (exact) mass is 305 g/mol. The minimum Gasteiger partial charge on any atom is -0.449 e. The molecule has 0 aliphatic heterocycles. The number of nitrogens with zero attached hydrogens (tertiary/aromatic N) is 1. The van der Waals surface area contributed by atoms with Gasteiger partial charge in [0.25, 0.3) is 0 Å². The van der Waals surface area contributed by atoms with Gasteiger partial charge in [-0.25, -0.2) is 14.5 Å². The minimum absolute atomic E-state index is 0.0123. The summed E-state index contributed by atoms with van der Waals surface area (Å²) in [6, 6.07) is 0. The van der Waals surface area contributed by atoms with Crippen LogP contribution < -0.4 is 0 Å². The zero-order chi connectivity index (χ0) is 16.1. The molecule has 0 fully saturated rings. The molecule has 0 aliphatic rings. The molecular weight excluding hydrogens is 282 g/mol. The fourth-order valence-electron chi connectivity index (χ4n) is 1.33. The number of ketones is 1. The Morgan fingerprint density at radius 2 is 1.29 bits per heavy atom. The first-order valence-corrected chi connectivity index (χ1v) is 6.85. The second kappa shape index (κ2) is 12.1. The number of aliphatic hydroxyl groups excluding tert-OH is 2. The Balaban J connectivity index is 4.31. The van der Waals surface area contributed by atoms with Gasteiger partial charge in [-0.3, -0.25) is 4.79 Å². The zero-order valence-corrected chi connectivity index (χ0v) is 12.2. The van der Waals surface area contributed by atoms with Gasteiger partial charge in [0.05, 0.1) is 19.8 Å². The van der Waals surface area contributed by atoms with Crippen LogP contribution >= 0.6 is 0 Å². The van der Waals surface area contributed by atoms with Crippen molar-refractivity contribution in [1.82, 2.24) is 4.90 Å². The number of imide groups is 1. The smallest absolute Gasteiger partial charge is 0.419 e. The van der Waals surface area contributed by atoms with Crippen LogP contribution in [0.15, 0.2) is 0 Å². The van der Waals surface area contributed by atoms with Gasteiger partial charge in [-0.1, -0.05) is 0 Å². The number of Topliss-reactive ketones (excluding diaryl/α,β-unsaturated/α-hetero) is 1. The Hall–Kier alpha value is -1.67. The number of carbonyl (C=O) groups excluding carboxylic acids is 3. The number of ether oxygens (including phenoxy) is 2. The first-order chi connectivity index (χ1) is 10.0. The molecule has 21 heavy (non-hydrogen) atoms. The molecule has 2 amide bonds. The first kappa shape index (κ1) is 19.3. The molecule has 0 saturated carbocycles. The molecule has 0 unspecified atom stereocenters. The lowest BCUT2D eigenvalue weighted by molar-refractivity contribution is -0.117.